The molecule has 0 unspecified atom stereocenters. The minimum absolute atomic E-state index is 0. The molecule has 0 bridgehead atoms. The fourth-order valence-corrected chi connectivity index (χ4v) is 3.30. The van der Waals surface area contributed by atoms with Gasteiger partial charge in [0.05, 0.1) is 6.61 Å². The monoisotopic (exact) mass is 335 g/mol. The fraction of sp³-hybridized carbons (Fsp3) is 0.529. The third-order valence-corrected chi connectivity index (χ3v) is 4.64. The molecular formula is C17H22ClN3O2. The van der Waals surface area contributed by atoms with Crippen LogP contribution >= 0.6 is 12.4 Å². The molecule has 4 rings (SSSR count). The average molecular weight is 336 g/mol. The molecule has 124 valence electrons. The van der Waals surface area contributed by atoms with E-state index in [2.05, 4.69) is 21.5 Å². The largest absolute Gasteiger partial charge is 0.493 e. The Morgan fingerprint density at radius 1 is 1.22 bits per heavy atom. The number of piperidine rings is 1. The number of fused-ring (bicyclic) bond motifs is 1. The first-order valence-corrected chi connectivity index (χ1v) is 8.18. The number of benzene rings is 1. The van der Waals surface area contributed by atoms with Crippen molar-refractivity contribution >= 4 is 12.4 Å². The minimum Gasteiger partial charge on any atom is -0.493 e. The van der Waals surface area contributed by atoms with Crippen molar-refractivity contribution < 1.29 is 9.26 Å². The summed E-state index contributed by atoms with van der Waals surface area (Å²) in [5, 5.41) is 7.53. The lowest BCUT2D eigenvalue weighted by Crippen LogP contribution is -2.27. The van der Waals surface area contributed by atoms with E-state index in [1.165, 1.54) is 18.4 Å². The number of nitrogens with zero attached hydrogens (tertiary/aromatic N) is 2. The lowest BCUT2D eigenvalue weighted by molar-refractivity contribution is 0.324. The predicted octanol–water partition coefficient (Wildman–Crippen LogP) is 3.03. The van der Waals surface area contributed by atoms with E-state index < -0.39 is 0 Å². The smallest absolute Gasteiger partial charge is 0.226 e. The second-order valence-electron chi connectivity index (χ2n) is 6.16. The summed E-state index contributed by atoms with van der Waals surface area (Å²) in [7, 11) is 0. The molecule has 2 aliphatic heterocycles. The summed E-state index contributed by atoms with van der Waals surface area (Å²) < 4.78 is 11.0. The number of ether oxygens (including phenoxy) is 1. The van der Waals surface area contributed by atoms with Crippen LogP contribution in [0, 0.1) is 5.92 Å². The van der Waals surface area contributed by atoms with Crippen LogP contribution in [-0.2, 0) is 12.8 Å². The van der Waals surface area contributed by atoms with Gasteiger partial charge in [-0.15, -0.1) is 12.4 Å². The number of rotatable bonds is 4. The Balaban J connectivity index is 0.00000156. The van der Waals surface area contributed by atoms with E-state index in [0.29, 0.717) is 5.82 Å². The van der Waals surface area contributed by atoms with Gasteiger partial charge in [0.2, 0.25) is 11.7 Å². The Bertz CT molecular complexity index is 653. The van der Waals surface area contributed by atoms with Gasteiger partial charge in [0.25, 0.3) is 0 Å². The maximum Gasteiger partial charge on any atom is 0.226 e. The second-order valence-corrected chi connectivity index (χ2v) is 6.16. The maximum atomic E-state index is 5.53. The normalized spacial score (nSPS) is 17.4. The molecule has 23 heavy (non-hydrogen) atoms. The molecular weight excluding hydrogens is 314 g/mol. The van der Waals surface area contributed by atoms with Gasteiger partial charge in [0.1, 0.15) is 5.75 Å². The Hall–Kier alpha value is -1.59. The standard InChI is InChI=1S/C17H21N3O2.ClH/c1(12-5-8-18-9-6-12)4-16-19-17(20-22-16)14-2-3-15-13(11-14)7-10-21-15;/h2-3,11-12,18H,1,4-10H2;1H. The summed E-state index contributed by atoms with van der Waals surface area (Å²) in [6.45, 7) is 3.04. The molecule has 3 heterocycles. The fourth-order valence-electron chi connectivity index (χ4n) is 3.30. The molecule has 6 heteroatoms. The summed E-state index contributed by atoms with van der Waals surface area (Å²) in [4.78, 5) is 4.56. The third-order valence-electron chi connectivity index (χ3n) is 4.64. The first-order valence-electron chi connectivity index (χ1n) is 8.18. The SMILES string of the molecule is Cl.c1cc2c(cc1-c1noc(CCC3CCNCC3)n1)CCO2. The van der Waals surface area contributed by atoms with Crippen LogP contribution in [0.15, 0.2) is 22.7 Å². The maximum absolute atomic E-state index is 5.53. The molecule has 0 spiro atoms. The molecule has 5 nitrogen and oxygen atoms in total. The quantitative estimate of drug-likeness (QED) is 0.930. The molecule has 1 saturated heterocycles. The third kappa shape index (κ3) is 3.67. The molecule has 1 N–H and O–H groups in total. The van der Waals surface area contributed by atoms with Gasteiger partial charge in [-0.1, -0.05) is 5.16 Å². The molecule has 1 aromatic carbocycles. The predicted molar refractivity (Wildman–Crippen MR) is 90.1 cm³/mol. The summed E-state index contributed by atoms with van der Waals surface area (Å²) in [5.74, 6) is 3.22. The Labute approximate surface area is 142 Å². The van der Waals surface area contributed by atoms with Crippen LogP contribution in [0.2, 0.25) is 0 Å². The number of hydrogen-bond donors (Lipinski definition) is 1. The van der Waals surface area contributed by atoms with Crippen molar-refractivity contribution in [2.24, 2.45) is 5.92 Å². The Morgan fingerprint density at radius 3 is 2.96 bits per heavy atom. The van der Waals surface area contributed by atoms with E-state index in [1.807, 2.05) is 12.1 Å². The zero-order valence-electron chi connectivity index (χ0n) is 13.1. The highest BCUT2D eigenvalue weighted by Gasteiger charge is 2.17. The lowest BCUT2D eigenvalue weighted by Gasteiger charge is -2.21. The van der Waals surface area contributed by atoms with Crippen LogP contribution in [0.5, 0.6) is 5.75 Å². The van der Waals surface area contributed by atoms with E-state index >= 15 is 0 Å². The van der Waals surface area contributed by atoms with E-state index in [-0.39, 0.29) is 12.4 Å². The highest BCUT2D eigenvalue weighted by Crippen LogP contribution is 2.29. The van der Waals surface area contributed by atoms with Crippen molar-refractivity contribution in [2.45, 2.75) is 32.1 Å². The van der Waals surface area contributed by atoms with Crippen LogP contribution in [0.3, 0.4) is 0 Å². The van der Waals surface area contributed by atoms with Gasteiger partial charge in [0, 0.05) is 18.4 Å². The van der Waals surface area contributed by atoms with Gasteiger partial charge < -0.3 is 14.6 Å². The molecule has 1 aromatic heterocycles. The van der Waals surface area contributed by atoms with Gasteiger partial charge in [-0.05, 0) is 62.0 Å². The van der Waals surface area contributed by atoms with Crippen molar-refractivity contribution in [2.75, 3.05) is 19.7 Å². The Morgan fingerprint density at radius 2 is 2.09 bits per heavy atom. The number of halogens is 1. The van der Waals surface area contributed by atoms with E-state index in [1.54, 1.807) is 0 Å². The van der Waals surface area contributed by atoms with Crippen molar-refractivity contribution in [1.29, 1.82) is 0 Å². The van der Waals surface area contributed by atoms with Crippen molar-refractivity contribution in [3.05, 3.63) is 29.7 Å². The molecule has 2 aromatic rings. The van der Waals surface area contributed by atoms with Crippen molar-refractivity contribution in [3.63, 3.8) is 0 Å². The van der Waals surface area contributed by atoms with Crippen molar-refractivity contribution in [3.8, 4) is 17.1 Å². The van der Waals surface area contributed by atoms with Gasteiger partial charge in [-0.2, -0.15) is 4.98 Å². The van der Waals surface area contributed by atoms with E-state index in [0.717, 1.165) is 62.1 Å². The van der Waals surface area contributed by atoms with Crippen LogP contribution < -0.4 is 10.1 Å². The number of nitrogens with one attached hydrogen (secondary N) is 1. The highest BCUT2D eigenvalue weighted by atomic mass is 35.5. The molecule has 0 saturated carbocycles. The second kappa shape index (κ2) is 7.32. The molecule has 0 radical (unpaired) electrons. The van der Waals surface area contributed by atoms with Crippen LogP contribution in [-0.4, -0.2) is 29.8 Å². The zero-order chi connectivity index (χ0) is 14.8. The number of aromatic nitrogens is 2. The van der Waals surface area contributed by atoms with Gasteiger partial charge >= 0.3 is 0 Å². The van der Waals surface area contributed by atoms with Gasteiger partial charge in [0.15, 0.2) is 0 Å². The van der Waals surface area contributed by atoms with Gasteiger partial charge in [-0.25, -0.2) is 0 Å². The first-order chi connectivity index (χ1) is 10.9. The van der Waals surface area contributed by atoms with E-state index in [4.69, 9.17) is 9.26 Å². The average Bonchev–Trinajstić information content (AvgIpc) is 3.22. The summed E-state index contributed by atoms with van der Waals surface area (Å²) in [6, 6.07) is 6.12. The van der Waals surface area contributed by atoms with Crippen molar-refractivity contribution in [1.82, 2.24) is 15.5 Å². The summed E-state index contributed by atoms with van der Waals surface area (Å²) in [5.41, 5.74) is 2.25. The van der Waals surface area contributed by atoms with Crippen LogP contribution in [0.4, 0.5) is 0 Å². The Kier molecular flexibility index (Phi) is 5.18. The molecule has 0 aliphatic carbocycles. The summed E-state index contributed by atoms with van der Waals surface area (Å²) >= 11 is 0. The lowest BCUT2D eigenvalue weighted by atomic mass is 9.93. The van der Waals surface area contributed by atoms with Crippen LogP contribution in [0.1, 0.15) is 30.7 Å². The van der Waals surface area contributed by atoms with Gasteiger partial charge in [-0.3, -0.25) is 0 Å². The summed E-state index contributed by atoms with van der Waals surface area (Å²) in [6.07, 6.45) is 5.49. The molecule has 0 atom stereocenters. The first kappa shape index (κ1) is 16.3. The topological polar surface area (TPSA) is 60.2 Å². The molecule has 0 amide bonds. The zero-order valence-corrected chi connectivity index (χ0v) is 13.9. The number of hydrogen-bond acceptors (Lipinski definition) is 5. The van der Waals surface area contributed by atoms with E-state index in [9.17, 15) is 0 Å². The number of aryl methyl sites for hydroxylation is 1. The van der Waals surface area contributed by atoms with Crippen LogP contribution in [0.25, 0.3) is 11.4 Å². The minimum atomic E-state index is 0. The highest BCUT2D eigenvalue weighted by molar-refractivity contribution is 5.85. The molecule has 2 aliphatic rings. The molecule has 1 fully saturated rings.